The van der Waals surface area contributed by atoms with E-state index in [1.807, 2.05) is 0 Å². The van der Waals surface area contributed by atoms with Crippen molar-refractivity contribution in [3.8, 4) is 6.07 Å². The van der Waals surface area contributed by atoms with E-state index in [0.717, 1.165) is 0 Å². The molecular weight excluding hydrogens is 246 g/mol. The first kappa shape index (κ1) is 12.6. The molecule has 0 fully saturated rings. The quantitative estimate of drug-likeness (QED) is 0.474. The molecule has 0 aromatic heterocycles. The van der Waals surface area contributed by atoms with Crippen molar-refractivity contribution in [2.24, 2.45) is 0 Å². The fourth-order valence-electron chi connectivity index (χ4n) is 1.66. The average Bonchev–Trinajstić information content (AvgIpc) is 2.40. The Hall–Kier alpha value is -2.81. The van der Waals surface area contributed by atoms with Crippen molar-refractivity contribution in [3.63, 3.8) is 0 Å². The van der Waals surface area contributed by atoms with Gasteiger partial charge in [-0.3, -0.25) is 4.79 Å². The van der Waals surface area contributed by atoms with Gasteiger partial charge in [0.25, 0.3) is 5.91 Å². The average molecular weight is 257 g/mol. The van der Waals surface area contributed by atoms with Gasteiger partial charge in [0.1, 0.15) is 11.8 Å². The van der Waals surface area contributed by atoms with Crippen LogP contribution < -0.4 is 10.6 Å². The van der Waals surface area contributed by atoms with Crippen LogP contribution in [0.25, 0.3) is 0 Å². The summed E-state index contributed by atoms with van der Waals surface area (Å²) in [5.41, 5.74) is 0.778. The number of esters is 1. The summed E-state index contributed by atoms with van der Waals surface area (Å²) in [5.74, 6) is -1.36. The number of nitrogens with one attached hydrogen (secondary N) is 2. The van der Waals surface area contributed by atoms with Crippen molar-refractivity contribution in [3.05, 3.63) is 35.5 Å². The van der Waals surface area contributed by atoms with E-state index in [2.05, 4.69) is 10.6 Å². The van der Waals surface area contributed by atoms with Crippen LogP contribution in [0.15, 0.2) is 35.5 Å². The van der Waals surface area contributed by atoms with Crippen LogP contribution >= 0.6 is 0 Å². The highest BCUT2D eigenvalue weighted by molar-refractivity contribution is 6.15. The summed E-state index contributed by atoms with van der Waals surface area (Å²) in [7, 11) is 0. The van der Waals surface area contributed by atoms with Gasteiger partial charge in [-0.05, 0) is 19.1 Å². The van der Waals surface area contributed by atoms with Crippen LogP contribution in [0.1, 0.15) is 6.92 Å². The lowest BCUT2D eigenvalue weighted by molar-refractivity contribution is -0.138. The number of rotatable bonds is 2. The number of fused-ring (bicyclic) bond motifs is 1. The molecule has 1 aromatic carbocycles. The molecule has 0 aliphatic carbocycles. The van der Waals surface area contributed by atoms with Gasteiger partial charge >= 0.3 is 5.97 Å². The molecule has 1 aromatic rings. The summed E-state index contributed by atoms with van der Waals surface area (Å²) in [5, 5.41) is 14.4. The van der Waals surface area contributed by atoms with Crippen molar-refractivity contribution in [1.82, 2.24) is 0 Å². The molecule has 1 heterocycles. The molecule has 6 heteroatoms. The lowest BCUT2D eigenvalue weighted by atomic mass is 10.1. The lowest BCUT2D eigenvalue weighted by Crippen LogP contribution is -2.28. The van der Waals surface area contributed by atoms with Gasteiger partial charge in [-0.2, -0.15) is 5.26 Å². The van der Waals surface area contributed by atoms with Crippen molar-refractivity contribution in [2.45, 2.75) is 6.92 Å². The molecule has 19 heavy (non-hydrogen) atoms. The molecule has 1 aliphatic heterocycles. The van der Waals surface area contributed by atoms with Crippen molar-refractivity contribution in [1.29, 1.82) is 5.26 Å². The Bertz CT molecular complexity index is 614. The molecule has 0 saturated carbocycles. The number of anilines is 2. The summed E-state index contributed by atoms with van der Waals surface area (Å²) in [6, 6.07) is 8.69. The zero-order valence-corrected chi connectivity index (χ0v) is 10.2. The third-order valence-electron chi connectivity index (χ3n) is 2.50. The number of amides is 1. The third-order valence-corrected chi connectivity index (χ3v) is 2.50. The number of hydrogen-bond donors (Lipinski definition) is 2. The zero-order chi connectivity index (χ0) is 13.8. The van der Waals surface area contributed by atoms with Crippen LogP contribution in [0.4, 0.5) is 11.4 Å². The SMILES string of the molecule is CCOC(=O)/C(C#N)=C1/Nc2ccccc2NC1=O. The van der Waals surface area contributed by atoms with E-state index in [9.17, 15) is 9.59 Å². The highest BCUT2D eigenvalue weighted by atomic mass is 16.5. The monoisotopic (exact) mass is 257 g/mol. The van der Waals surface area contributed by atoms with E-state index in [4.69, 9.17) is 10.00 Å². The van der Waals surface area contributed by atoms with Gasteiger partial charge in [0.2, 0.25) is 0 Å². The summed E-state index contributed by atoms with van der Waals surface area (Å²) in [4.78, 5) is 23.5. The Morgan fingerprint density at radius 3 is 2.53 bits per heavy atom. The van der Waals surface area contributed by atoms with Crippen LogP contribution in [-0.4, -0.2) is 18.5 Å². The molecule has 0 radical (unpaired) electrons. The molecule has 1 aliphatic rings. The second-order valence-electron chi connectivity index (χ2n) is 3.71. The van der Waals surface area contributed by atoms with Gasteiger partial charge in [-0.25, -0.2) is 4.79 Å². The predicted molar refractivity (Wildman–Crippen MR) is 68.0 cm³/mol. The smallest absolute Gasteiger partial charge is 0.351 e. The Balaban J connectivity index is 2.43. The maximum absolute atomic E-state index is 11.9. The first-order chi connectivity index (χ1) is 9.17. The minimum absolute atomic E-state index is 0.0975. The number of nitriles is 1. The number of ether oxygens (including phenoxy) is 1. The molecule has 0 atom stereocenters. The minimum atomic E-state index is -0.818. The van der Waals surface area contributed by atoms with Crippen molar-refractivity contribution >= 4 is 23.3 Å². The molecule has 0 spiro atoms. The normalized spacial score (nSPS) is 15.5. The largest absolute Gasteiger partial charge is 0.462 e. The molecule has 0 bridgehead atoms. The Morgan fingerprint density at radius 1 is 1.32 bits per heavy atom. The molecule has 0 saturated heterocycles. The highest BCUT2D eigenvalue weighted by Crippen LogP contribution is 2.28. The van der Waals surface area contributed by atoms with E-state index in [1.54, 1.807) is 37.3 Å². The second-order valence-corrected chi connectivity index (χ2v) is 3.71. The van der Waals surface area contributed by atoms with E-state index in [-0.39, 0.29) is 17.9 Å². The highest BCUT2D eigenvalue weighted by Gasteiger charge is 2.26. The Morgan fingerprint density at radius 2 is 1.95 bits per heavy atom. The van der Waals surface area contributed by atoms with Crippen molar-refractivity contribution in [2.75, 3.05) is 17.2 Å². The molecular formula is C13H11N3O3. The zero-order valence-electron chi connectivity index (χ0n) is 10.2. The first-order valence-corrected chi connectivity index (χ1v) is 5.66. The summed E-state index contributed by atoms with van der Waals surface area (Å²) in [6.45, 7) is 1.76. The summed E-state index contributed by atoms with van der Waals surface area (Å²) < 4.78 is 4.75. The molecule has 1 amide bonds. The van der Waals surface area contributed by atoms with Crippen molar-refractivity contribution < 1.29 is 14.3 Å². The summed E-state index contributed by atoms with van der Waals surface area (Å²) >= 11 is 0. The van der Waals surface area contributed by atoms with E-state index in [1.165, 1.54) is 0 Å². The Labute approximate surface area is 109 Å². The van der Waals surface area contributed by atoms with E-state index in [0.29, 0.717) is 11.4 Å². The van der Waals surface area contributed by atoms with Gasteiger partial charge in [0, 0.05) is 0 Å². The second kappa shape index (κ2) is 5.23. The number of para-hydroxylation sites is 2. The molecule has 0 unspecified atom stereocenters. The Kier molecular flexibility index (Phi) is 3.48. The van der Waals surface area contributed by atoms with Crippen LogP contribution in [0.3, 0.4) is 0 Å². The molecule has 6 nitrogen and oxygen atoms in total. The maximum atomic E-state index is 11.9. The third kappa shape index (κ3) is 2.40. The molecule has 96 valence electrons. The van der Waals surface area contributed by atoms with Gasteiger partial charge < -0.3 is 15.4 Å². The van der Waals surface area contributed by atoms with Gasteiger partial charge in [-0.1, -0.05) is 12.1 Å². The molecule has 2 rings (SSSR count). The number of benzene rings is 1. The maximum Gasteiger partial charge on any atom is 0.351 e. The number of carbonyl (C=O) groups excluding carboxylic acids is 2. The van der Waals surface area contributed by atoms with Crippen LogP contribution in [0, 0.1) is 11.3 Å². The standard InChI is InChI=1S/C13H11N3O3/c1-2-19-13(18)8(7-14)11-12(17)16-10-6-4-3-5-9(10)15-11/h3-6,15H,2H2,1H3,(H,16,17)/b11-8+. The number of nitrogens with zero attached hydrogens (tertiary/aromatic N) is 1. The fraction of sp³-hybridized carbons (Fsp3) is 0.154. The first-order valence-electron chi connectivity index (χ1n) is 5.66. The lowest BCUT2D eigenvalue weighted by Gasteiger charge is -2.21. The fourth-order valence-corrected chi connectivity index (χ4v) is 1.66. The predicted octanol–water partition coefficient (Wildman–Crippen LogP) is 1.39. The van der Waals surface area contributed by atoms with E-state index >= 15 is 0 Å². The van der Waals surface area contributed by atoms with Gasteiger partial charge in [0.05, 0.1) is 18.0 Å². The topological polar surface area (TPSA) is 91.2 Å². The molecule has 2 N–H and O–H groups in total. The minimum Gasteiger partial charge on any atom is -0.462 e. The van der Waals surface area contributed by atoms with E-state index < -0.39 is 11.9 Å². The van der Waals surface area contributed by atoms with Crippen LogP contribution in [0.2, 0.25) is 0 Å². The summed E-state index contributed by atoms with van der Waals surface area (Å²) in [6.07, 6.45) is 0. The van der Waals surface area contributed by atoms with Crippen LogP contribution in [-0.2, 0) is 14.3 Å². The number of carbonyl (C=O) groups is 2. The van der Waals surface area contributed by atoms with Crippen LogP contribution in [0.5, 0.6) is 0 Å². The number of hydrogen-bond acceptors (Lipinski definition) is 5. The van der Waals surface area contributed by atoms with Gasteiger partial charge in [-0.15, -0.1) is 0 Å². The van der Waals surface area contributed by atoms with Gasteiger partial charge in [0.15, 0.2) is 5.57 Å².